The van der Waals surface area contributed by atoms with E-state index in [1.54, 1.807) is 12.1 Å². The quantitative estimate of drug-likeness (QED) is 0.0886. The van der Waals surface area contributed by atoms with Crippen LogP contribution in [0.4, 0.5) is 5.13 Å². The Morgan fingerprint density at radius 1 is 1.00 bits per heavy atom. The first kappa shape index (κ1) is 27.1. The fourth-order valence-corrected chi connectivity index (χ4v) is 6.21. The number of halogens is 1. The van der Waals surface area contributed by atoms with E-state index in [0.717, 1.165) is 11.1 Å². The molecule has 1 saturated heterocycles. The number of Topliss-reactive ketones (excluding diaryl/α,β-unsaturated/α-hetero) is 1. The number of carbonyl (C=O) groups is 2. The molecular weight excluding hydrogens is 552 g/mol. The highest BCUT2D eigenvalue weighted by atomic mass is 35.5. The van der Waals surface area contributed by atoms with Gasteiger partial charge in [0.1, 0.15) is 5.76 Å². The minimum Gasteiger partial charge on any atom is -0.507 e. The SMILES string of the molecule is CC(C)(C)c1ccc(C2/C(=C(\O)c3ccncc3)C(=O)C(=O)N2c2nnc(SCc3ccc(Cl)cc3)s2)cc1. The van der Waals surface area contributed by atoms with Gasteiger partial charge in [-0.1, -0.05) is 91.9 Å². The number of aliphatic hydroxyl groups is 1. The second-order valence-corrected chi connectivity index (χ2v) is 12.7. The number of anilines is 1. The maximum Gasteiger partial charge on any atom is 0.301 e. The summed E-state index contributed by atoms with van der Waals surface area (Å²) in [4.78, 5) is 32.1. The van der Waals surface area contributed by atoms with Crippen LogP contribution >= 0.6 is 34.7 Å². The number of aliphatic hydroxyl groups excluding tert-OH is 1. The summed E-state index contributed by atoms with van der Waals surface area (Å²) in [6.07, 6.45) is 3.04. The smallest absolute Gasteiger partial charge is 0.301 e. The molecule has 1 aliphatic rings. The van der Waals surface area contributed by atoms with Crippen molar-refractivity contribution in [2.45, 2.75) is 42.3 Å². The van der Waals surface area contributed by atoms with Gasteiger partial charge in [0, 0.05) is 28.7 Å². The maximum atomic E-state index is 13.4. The zero-order chi connectivity index (χ0) is 27.7. The van der Waals surface area contributed by atoms with Gasteiger partial charge < -0.3 is 5.11 Å². The standard InChI is InChI=1S/C29H25ClN4O3S2/c1-29(2,3)20-8-6-18(7-9-20)23-22(24(35)19-12-14-31-15-13-19)25(36)26(37)34(23)27-32-33-28(39-27)38-16-17-4-10-21(30)11-5-17/h4-15,23,35H,16H2,1-3H3/b24-22+. The summed E-state index contributed by atoms with van der Waals surface area (Å²) in [7, 11) is 0. The number of thioether (sulfide) groups is 1. The molecule has 5 rings (SSSR count). The van der Waals surface area contributed by atoms with E-state index >= 15 is 0 Å². The van der Waals surface area contributed by atoms with Crippen molar-refractivity contribution in [3.05, 3.63) is 106 Å². The van der Waals surface area contributed by atoms with Crippen LogP contribution in [0.3, 0.4) is 0 Å². The van der Waals surface area contributed by atoms with Crippen LogP contribution in [0.2, 0.25) is 5.02 Å². The zero-order valence-corrected chi connectivity index (χ0v) is 23.8. The molecule has 0 saturated carbocycles. The summed E-state index contributed by atoms with van der Waals surface area (Å²) in [6, 6.07) is 17.6. The normalized spacial score (nSPS) is 17.1. The Hall–Kier alpha value is -3.53. The van der Waals surface area contributed by atoms with E-state index < -0.39 is 17.7 Å². The summed E-state index contributed by atoms with van der Waals surface area (Å²) in [6.45, 7) is 6.34. The molecule has 1 amide bonds. The van der Waals surface area contributed by atoms with Crippen LogP contribution in [-0.4, -0.2) is 32.0 Å². The van der Waals surface area contributed by atoms with Crippen molar-refractivity contribution in [3.8, 4) is 0 Å². The Balaban J connectivity index is 1.54. The molecular formula is C29H25ClN4O3S2. The van der Waals surface area contributed by atoms with Crippen molar-refractivity contribution >= 4 is 57.3 Å². The Kier molecular flexibility index (Phi) is 7.57. The number of ketones is 1. The second-order valence-electron chi connectivity index (χ2n) is 10.0. The summed E-state index contributed by atoms with van der Waals surface area (Å²) in [5, 5.41) is 20.7. The first-order valence-electron chi connectivity index (χ1n) is 12.2. The third-order valence-corrected chi connectivity index (χ3v) is 8.75. The van der Waals surface area contributed by atoms with Crippen LogP contribution in [0.25, 0.3) is 5.76 Å². The molecule has 0 aliphatic carbocycles. The van der Waals surface area contributed by atoms with Crippen LogP contribution < -0.4 is 4.90 Å². The van der Waals surface area contributed by atoms with Gasteiger partial charge in [0.25, 0.3) is 5.78 Å². The average molecular weight is 577 g/mol. The lowest BCUT2D eigenvalue weighted by atomic mass is 9.85. The number of aromatic nitrogens is 3. The Bertz CT molecular complexity index is 1550. The Labute approximate surface area is 239 Å². The molecule has 1 N–H and O–H groups in total. The van der Waals surface area contributed by atoms with Crippen molar-refractivity contribution in [2.24, 2.45) is 0 Å². The molecule has 1 fully saturated rings. The van der Waals surface area contributed by atoms with Gasteiger partial charge in [0.15, 0.2) is 4.34 Å². The molecule has 1 atom stereocenters. The first-order chi connectivity index (χ1) is 18.6. The molecule has 0 bridgehead atoms. The average Bonchev–Trinajstić information content (AvgIpc) is 3.50. The van der Waals surface area contributed by atoms with E-state index in [1.165, 1.54) is 40.4 Å². The highest BCUT2D eigenvalue weighted by molar-refractivity contribution is 8.00. The molecule has 7 nitrogen and oxygen atoms in total. The minimum atomic E-state index is -0.866. The van der Waals surface area contributed by atoms with Gasteiger partial charge in [-0.3, -0.25) is 19.5 Å². The number of benzene rings is 2. The van der Waals surface area contributed by atoms with Gasteiger partial charge in [0.2, 0.25) is 5.13 Å². The lowest BCUT2D eigenvalue weighted by Gasteiger charge is -2.24. The number of hydrogen-bond donors (Lipinski definition) is 1. The maximum absolute atomic E-state index is 13.4. The van der Waals surface area contributed by atoms with Gasteiger partial charge in [-0.05, 0) is 46.4 Å². The van der Waals surface area contributed by atoms with Gasteiger partial charge >= 0.3 is 5.91 Å². The van der Waals surface area contributed by atoms with Crippen molar-refractivity contribution in [1.29, 1.82) is 0 Å². The van der Waals surface area contributed by atoms with Crippen molar-refractivity contribution in [3.63, 3.8) is 0 Å². The molecule has 10 heteroatoms. The molecule has 4 aromatic rings. The Morgan fingerprint density at radius 2 is 1.67 bits per heavy atom. The lowest BCUT2D eigenvalue weighted by molar-refractivity contribution is -0.132. The molecule has 2 aromatic carbocycles. The molecule has 2 aromatic heterocycles. The number of carbonyl (C=O) groups excluding carboxylic acids is 2. The van der Waals surface area contributed by atoms with Gasteiger partial charge in [0.05, 0.1) is 11.6 Å². The van der Waals surface area contributed by atoms with E-state index in [1.807, 2.05) is 48.5 Å². The van der Waals surface area contributed by atoms with E-state index in [-0.39, 0.29) is 21.9 Å². The fraction of sp³-hybridized carbons (Fsp3) is 0.207. The molecule has 39 heavy (non-hydrogen) atoms. The summed E-state index contributed by atoms with van der Waals surface area (Å²) < 4.78 is 0.651. The third kappa shape index (κ3) is 5.61. The topological polar surface area (TPSA) is 96.3 Å². The number of pyridine rings is 1. The zero-order valence-electron chi connectivity index (χ0n) is 21.5. The Morgan fingerprint density at radius 3 is 2.31 bits per heavy atom. The summed E-state index contributed by atoms with van der Waals surface area (Å²) >= 11 is 8.69. The minimum absolute atomic E-state index is 0.000256. The highest BCUT2D eigenvalue weighted by Crippen LogP contribution is 2.44. The second kappa shape index (κ2) is 10.9. The highest BCUT2D eigenvalue weighted by Gasteiger charge is 2.48. The third-order valence-electron chi connectivity index (χ3n) is 6.37. The van der Waals surface area contributed by atoms with E-state index in [9.17, 15) is 14.7 Å². The van der Waals surface area contributed by atoms with Gasteiger partial charge in [-0.2, -0.15) is 0 Å². The fourth-order valence-electron chi connectivity index (χ4n) is 4.26. The van der Waals surface area contributed by atoms with E-state index in [2.05, 4.69) is 36.0 Å². The first-order valence-corrected chi connectivity index (χ1v) is 14.3. The summed E-state index contributed by atoms with van der Waals surface area (Å²) in [5.74, 6) is -1.16. The van der Waals surface area contributed by atoms with Gasteiger partial charge in [-0.25, -0.2) is 0 Å². The van der Waals surface area contributed by atoms with Crippen LogP contribution in [0.1, 0.15) is 49.1 Å². The molecule has 0 radical (unpaired) electrons. The summed E-state index contributed by atoms with van der Waals surface area (Å²) in [5.41, 5.74) is 3.18. The monoisotopic (exact) mass is 576 g/mol. The van der Waals surface area contributed by atoms with Crippen molar-refractivity contribution < 1.29 is 14.7 Å². The molecule has 198 valence electrons. The molecule has 3 heterocycles. The van der Waals surface area contributed by atoms with E-state index in [0.29, 0.717) is 26.2 Å². The van der Waals surface area contributed by atoms with E-state index in [4.69, 9.17) is 11.6 Å². The number of amides is 1. The number of hydrogen-bond acceptors (Lipinski definition) is 8. The predicted octanol–water partition coefficient (Wildman–Crippen LogP) is 6.80. The molecule has 0 spiro atoms. The van der Waals surface area contributed by atoms with Crippen LogP contribution in [-0.2, 0) is 20.8 Å². The molecule has 1 aliphatic heterocycles. The van der Waals surface area contributed by atoms with Crippen LogP contribution in [0.15, 0.2) is 83.0 Å². The number of rotatable bonds is 6. The van der Waals surface area contributed by atoms with Crippen molar-refractivity contribution in [2.75, 3.05) is 4.90 Å². The lowest BCUT2D eigenvalue weighted by Crippen LogP contribution is -2.29. The van der Waals surface area contributed by atoms with Gasteiger partial charge in [-0.15, -0.1) is 10.2 Å². The number of nitrogens with zero attached hydrogens (tertiary/aromatic N) is 4. The molecule has 1 unspecified atom stereocenters. The van der Waals surface area contributed by atoms with Crippen molar-refractivity contribution in [1.82, 2.24) is 15.2 Å². The largest absolute Gasteiger partial charge is 0.507 e. The van der Waals surface area contributed by atoms with Crippen LogP contribution in [0.5, 0.6) is 0 Å². The predicted molar refractivity (Wildman–Crippen MR) is 155 cm³/mol. The van der Waals surface area contributed by atoms with Crippen LogP contribution in [0, 0.1) is 0 Å².